The Morgan fingerprint density at radius 1 is 1.33 bits per heavy atom. The van der Waals surface area contributed by atoms with Gasteiger partial charge in [-0.3, -0.25) is 14.8 Å². The van der Waals surface area contributed by atoms with Crippen LogP contribution in [0.1, 0.15) is 13.3 Å². The van der Waals surface area contributed by atoms with Gasteiger partial charge in [0.15, 0.2) is 0 Å². The van der Waals surface area contributed by atoms with Gasteiger partial charge >= 0.3 is 0 Å². The van der Waals surface area contributed by atoms with E-state index in [1.165, 1.54) is 0 Å². The molecule has 0 unspecified atom stereocenters. The topological polar surface area (TPSA) is 49.3 Å². The van der Waals surface area contributed by atoms with Gasteiger partial charge in [0.2, 0.25) is 5.91 Å². The Morgan fingerprint density at radius 2 is 2.14 bits per heavy atom. The molecule has 1 aromatic heterocycles. The molecule has 1 aliphatic heterocycles. The van der Waals surface area contributed by atoms with E-state index >= 15 is 0 Å². The Labute approximate surface area is 138 Å². The number of hydrogen-bond donors (Lipinski definition) is 0. The van der Waals surface area contributed by atoms with Gasteiger partial charge in [-0.2, -0.15) is 0 Å². The molecule has 0 radical (unpaired) electrons. The zero-order valence-electron chi connectivity index (χ0n) is 11.7. The van der Waals surface area contributed by atoms with E-state index in [1.54, 1.807) is 11.1 Å². The maximum Gasteiger partial charge on any atom is 0.225 e. The van der Waals surface area contributed by atoms with Crippen LogP contribution in [0.5, 0.6) is 0 Å². The van der Waals surface area contributed by atoms with E-state index in [2.05, 4.69) is 16.0 Å². The molecule has 2 heterocycles. The molecule has 0 saturated carbocycles. The predicted octanol–water partition coefficient (Wildman–Crippen LogP) is 1.91. The normalized spacial score (nSPS) is 13.4. The van der Waals surface area contributed by atoms with Crippen LogP contribution in [0.2, 0.25) is 0 Å². The van der Waals surface area contributed by atoms with Crippen molar-refractivity contribution in [3.05, 3.63) is 42.6 Å². The minimum atomic E-state index is 0. The van der Waals surface area contributed by atoms with Crippen molar-refractivity contribution in [3.8, 4) is 11.4 Å². The molecule has 0 N–H and O–H groups in total. The van der Waals surface area contributed by atoms with Crippen LogP contribution in [0.3, 0.4) is 0 Å². The quantitative estimate of drug-likeness (QED) is 0.670. The smallest absolute Gasteiger partial charge is 0.225 e. The van der Waals surface area contributed by atoms with Crippen molar-refractivity contribution < 1.29 is 25.9 Å². The molecule has 1 amide bonds. The molecule has 1 aromatic carbocycles. The summed E-state index contributed by atoms with van der Waals surface area (Å²) in [6.07, 6.45) is 2.28. The molecular weight excluding hydrogens is 436 g/mol. The Bertz CT molecular complexity index is 614. The number of rotatable bonds is 3. The van der Waals surface area contributed by atoms with Gasteiger partial charge < -0.3 is 9.80 Å². The summed E-state index contributed by atoms with van der Waals surface area (Å²) in [6.45, 7) is 3.07. The maximum absolute atomic E-state index is 11.5. The number of anilines is 1. The number of benzene rings is 1. The molecule has 0 bridgehead atoms. The monoisotopic (exact) mass is 451 g/mol. The summed E-state index contributed by atoms with van der Waals surface area (Å²) < 4.78 is 0. The summed E-state index contributed by atoms with van der Waals surface area (Å²) in [4.78, 5) is 24.2. The van der Waals surface area contributed by atoms with Gasteiger partial charge in [0.25, 0.3) is 0 Å². The van der Waals surface area contributed by atoms with Crippen molar-refractivity contribution in [1.29, 1.82) is 0 Å². The third-order valence-corrected chi connectivity index (χ3v) is 3.25. The van der Waals surface area contributed by atoms with Gasteiger partial charge in [-0.1, -0.05) is 6.92 Å². The standard InChI is InChI=1S/C15H15N4O.W/c1-2-14(20)19-10-18(11-19)13-8-9-16-15(17-13)12-6-4-3-5-7-12;/h3-6,8-9H,2,10-11H2,1H3;/q-1;. The van der Waals surface area contributed by atoms with Crippen molar-refractivity contribution >= 4 is 11.7 Å². The van der Waals surface area contributed by atoms with Crippen molar-refractivity contribution in [1.82, 2.24) is 14.9 Å². The first kappa shape index (κ1) is 15.6. The summed E-state index contributed by atoms with van der Waals surface area (Å²) in [5.41, 5.74) is 0.872. The van der Waals surface area contributed by atoms with E-state index in [4.69, 9.17) is 0 Å². The van der Waals surface area contributed by atoms with Gasteiger partial charge in [-0.15, -0.1) is 35.9 Å². The average molecular weight is 451 g/mol. The van der Waals surface area contributed by atoms with E-state index < -0.39 is 0 Å². The summed E-state index contributed by atoms with van der Waals surface area (Å²) in [6, 6.07) is 12.6. The van der Waals surface area contributed by atoms with Crippen molar-refractivity contribution in [3.63, 3.8) is 0 Å². The molecule has 0 spiro atoms. The van der Waals surface area contributed by atoms with Crippen molar-refractivity contribution in [2.75, 3.05) is 18.2 Å². The fourth-order valence-electron chi connectivity index (χ4n) is 2.08. The molecule has 21 heavy (non-hydrogen) atoms. The van der Waals surface area contributed by atoms with Crippen LogP contribution in [0, 0.1) is 6.07 Å². The van der Waals surface area contributed by atoms with E-state index in [9.17, 15) is 4.79 Å². The van der Waals surface area contributed by atoms with Crippen molar-refractivity contribution in [2.45, 2.75) is 13.3 Å². The third-order valence-electron chi connectivity index (χ3n) is 3.25. The summed E-state index contributed by atoms with van der Waals surface area (Å²) in [5.74, 6) is 1.67. The molecule has 6 heteroatoms. The van der Waals surface area contributed by atoms with Gasteiger partial charge in [-0.25, -0.2) is 0 Å². The number of aromatic nitrogens is 2. The maximum atomic E-state index is 11.5. The number of nitrogens with zero attached hydrogens (tertiary/aromatic N) is 4. The number of hydrogen-bond acceptors (Lipinski definition) is 4. The van der Waals surface area contributed by atoms with Crippen LogP contribution in [-0.4, -0.2) is 34.1 Å². The summed E-state index contributed by atoms with van der Waals surface area (Å²) in [5, 5.41) is 0. The molecule has 5 nitrogen and oxygen atoms in total. The fraction of sp³-hybridized carbons (Fsp3) is 0.267. The Kier molecular flexibility index (Phi) is 5.07. The van der Waals surface area contributed by atoms with Crippen LogP contribution in [-0.2, 0) is 25.9 Å². The third kappa shape index (κ3) is 3.30. The molecule has 1 aliphatic rings. The minimum Gasteiger partial charge on any atom is -0.321 e. The first-order valence-electron chi connectivity index (χ1n) is 6.61. The minimum absolute atomic E-state index is 0. The molecule has 3 rings (SSSR count). The molecular formula is C15H15N4OW-. The predicted molar refractivity (Wildman–Crippen MR) is 75.7 cm³/mol. The molecule has 2 aromatic rings. The number of carbonyl (C=O) groups excluding carboxylic acids is 1. The molecule has 1 saturated heterocycles. The number of carbonyl (C=O) groups is 1. The second-order valence-corrected chi connectivity index (χ2v) is 4.62. The largest absolute Gasteiger partial charge is 0.321 e. The Morgan fingerprint density at radius 3 is 2.81 bits per heavy atom. The molecule has 108 valence electrons. The first-order valence-corrected chi connectivity index (χ1v) is 6.61. The van der Waals surface area contributed by atoms with E-state index in [0.717, 1.165) is 11.4 Å². The van der Waals surface area contributed by atoms with Crippen LogP contribution in [0.4, 0.5) is 5.82 Å². The van der Waals surface area contributed by atoms with Crippen LogP contribution in [0.15, 0.2) is 36.5 Å². The zero-order chi connectivity index (χ0) is 13.9. The van der Waals surface area contributed by atoms with Crippen molar-refractivity contribution in [2.24, 2.45) is 0 Å². The summed E-state index contributed by atoms with van der Waals surface area (Å²) in [7, 11) is 0. The van der Waals surface area contributed by atoms with Crippen LogP contribution < -0.4 is 4.90 Å². The summed E-state index contributed by atoms with van der Waals surface area (Å²) >= 11 is 0. The van der Waals surface area contributed by atoms with Crippen LogP contribution in [0.25, 0.3) is 11.4 Å². The zero-order valence-corrected chi connectivity index (χ0v) is 14.6. The van der Waals surface area contributed by atoms with E-state index in [-0.39, 0.29) is 27.0 Å². The Balaban J connectivity index is 0.00000161. The van der Waals surface area contributed by atoms with E-state index in [1.807, 2.05) is 42.2 Å². The SMILES string of the molecule is CCC(=O)N1CN(c2ccnc(-c3[c-]cccc3)n2)C1.[W]. The second-order valence-electron chi connectivity index (χ2n) is 4.62. The first-order chi connectivity index (χ1) is 9.78. The van der Waals surface area contributed by atoms with Gasteiger partial charge in [0.05, 0.1) is 19.2 Å². The van der Waals surface area contributed by atoms with Gasteiger partial charge in [0.1, 0.15) is 5.82 Å². The average Bonchev–Trinajstić information content (AvgIpc) is 2.47. The molecule has 1 fully saturated rings. The number of amides is 1. The van der Waals surface area contributed by atoms with Crippen LogP contribution >= 0.6 is 0 Å². The molecule has 0 aliphatic carbocycles. The Hall–Kier alpha value is -1.74. The van der Waals surface area contributed by atoms with Gasteiger partial charge in [0, 0.05) is 33.7 Å². The van der Waals surface area contributed by atoms with E-state index in [0.29, 0.717) is 25.6 Å². The molecule has 0 atom stereocenters. The second kappa shape index (κ2) is 6.81. The fourth-order valence-corrected chi connectivity index (χ4v) is 2.08. The van der Waals surface area contributed by atoms with Gasteiger partial charge in [-0.05, 0) is 6.07 Å².